The molecule has 64 valence electrons. The largest absolute Gasteiger partial charge is 0.296 e. The predicted octanol–water partition coefficient (Wildman–Crippen LogP) is 0.899. The molecule has 12 heavy (non-hydrogen) atoms. The fourth-order valence-corrected chi connectivity index (χ4v) is 0.795. The molecule has 1 rings (SSSR count). The molecule has 2 N–H and O–H groups in total. The Kier molecular flexibility index (Phi) is 2.90. The maximum Gasteiger partial charge on any atom is 0.190 e. The van der Waals surface area contributed by atoms with E-state index < -0.39 is 0 Å². The van der Waals surface area contributed by atoms with Crippen LogP contribution in [0.25, 0.3) is 0 Å². The number of halogens is 1. The van der Waals surface area contributed by atoms with Gasteiger partial charge in [-0.15, -0.1) is 0 Å². The Labute approximate surface area is 68.9 Å². The molecule has 0 unspecified atom stereocenters. The Morgan fingerprint density at radius 3 is 2.50 bits per heavy atom. The molecule has 0 atom stereocenters. The van der Waals surface area contributed by atoms with Crippen LogP contribution in [0.2, 0.25) is 0 Å². The van der Waals surface area contributed by atoms with Crippen molar-refractivity contribution in [3.63, 3.8) is 0 Å². The lowest BCUT2D eigenvalue weighted by atomic mass is 10.1. The molecule has 1 aromatic carbocycles. The Bertz CT molecular complexity index is 271. The minimum Gasteiger partial charge on any atom is -0.296 e. The normalized spacial score (nSPS) is 9.83. The van der Waals surface area contributed by atoms with Crippen molar-refractivity contribution in [1.29, 1.82) is 0 Å². The number of Topliss-reactive ketones (excluding diaryl/α,β-unsaturated/α-hetero) is 1. The van der Waals surface area contributed by atoms with Crippen LogP contribution >= 0.6 is 0 Å². The molecular weight excluding hydrogens is 161 g/mol. The second-order valence-electron chi connectivity index (χ2n) is 2.24. The van der Waals surface area contributed by atoms with E-state index in [9.17, 15) is 9.18 Å². The number of benzene rings is 1. The van der Waals surface area contributed by atoms with Gasteiger partial charge in [0, 0.05) is 5.56 Å². The van der Waals surface area contributed by atoms with Crippen molar-refractivity contribution in [1.82, 2.24) is 0 Å². The summed E-state index contributed by atoms with van der Waals surface area (Å²) in [6, 6.07) is 5.20. The van der Waals surface area contributed by atoms with Crippen molar-refractivity contribution in [3.8, 4) is 0 Å². The first-order chi connectivity index (χ1) is 5.74. The van der Waals surface area contributed by atoms with Crippen LogP contribution in [-0.2, 0) is 4.84 Å². The van der Waals surface area contributed by atoms with Gasteiger partial charge in [-0.3, -0.25) is 9.63 Å². The summed E-state index contributed by atoms with van der Waals surface area (Å²) in [5, 5.41) is 0. The third-order valence-electron chi connectivity index (χ3n) is 1.38. The van der Waals surface area contributed by atoms with E-state index in [4.69, 9.17) is 5.90 Å². The van der Waals surface area contributed by atoms with Gasteiger partial charge in [-0.2, -0.15) is 0 Å². The lowest BCUT2D eigenvalue weighted by Gasteiger charge is -1.97. The molecule has 0 amide bonds. The third-order valence-corrected chi connectivity index (χ3v) is 1.38. The highest BCUT2D eigenvalue weighted by molar-refractivity contribution is 5.96. The molecule has 0 heterocycles. The molecule has 0 saturated heterocycles. The van der Waals surface area contributed by atoms with E-state index in [-0.39, 0.29) is 18.2 Å². The van der Waals surface area contributed by atoms with Gasteiger partial charge in [0.2, 0.25) is 0 Å². The van der Waals surface area contributed by atoms with Crippen LogP contribution in [0.15, 0.2) is 24.3 Å². The van der Waals surface area contributed by atoms with Gasteiger partial charge in [-0.1, -0.05) is 0 Å². The number of nitrogens with two attached hydrogens (primary N) is 1. The maximum absolute atomic E-state index is 12.4. The first-order valence-corrected chi connectivity index (χ1v) is 3.34. The van der Waals surface area contributed by atoms with Crippen LogP contribution in [-0.4, -0.2) is 12.4 Å². The highest BCUT2D eigenvalue weighted by Crippen LogP contribution is 2.03. The molecule has 0 bridgehead atoms. The van der Waals surface area contributed by atoms with Crippen LogP contribution in [0.3, 0.4) is 0 Å². The summed E-state index contributed by atoms with van der Waals surface area (Å²) in [4.78, 5) is 15.2. The average Bonchev–Trinajstić information content (AvgIpc) is 2.06. The standard InChI is InChI=1S/C8H8FNO2/c9-7-3-1-6(2-4-7)8(11)5-12-10/h1-4H,5,10H2. The van der Waals surface area contributed by atoms with E-state index in [1.54, 1.807) is 0 Å². The van der Waals surface area contributed by atoms with Crippen LogP contribution in [0.4, 0.5) is 4.39 Å². The zero-order valence-electron chi connectivity index (χ0n) is 6.29. The van der Waals surface area contributed by atoms with Crippen molar-refractivity contribution in [2.45, 2.75) is 0 Å². The summed E-state index contributed by atoms with van der Waals surface area (Å²) < 4.78 is 12.4. The van der Waals surface area contributed by atoms with E-state index in [1.807, 2.05) is 0 Å². The van der Waals surface area contributed by atoms with E-state index in [0.29, 0.717) is 5.56 Å². The first-order valence-electron chi connectivity index (χ1n) is 3.34. The van der Waals surface area contributed by atoms with Crippen LogP contribution < -0.4 is 5.90 Å². The van der Waals surface area contributed by atoms with Crippen LogP contribution in [0.5, 0.6) is 0 Å². The second kappa shape index (κ2) is 3.94. The zero-order valence-corrected chi connectivity index (χ0v) is 6.29. The summed E-state index contributed by atoms with van der Waals surface area (Å²) in [6.07, 6.45) is 0. The molecule has 0 aliphatic carbocycles. The molecule has 0 aromatic heterocycles. The smallest absolute Gasteiger partial charge is 0.190 e. The zero-order chi connectivity index (χ0) is 8.97. The summed E-state index contributed by atoms with van der Waals surface area (Å²) in [6.45, 7) is -0.189. The highest BCUT2D eigenvalue weighted by atomic mass is 19.1. The topological polar surface area (TPSA) is 52.3 Å². The number of carbonyl (C=O) groups is 1. The summed E-state index contributed by atoms with van der Waals surface area (Å²) in [5.74, 6) is 4.06. The highest BCUT2D eigenvalue weighted by Gasteiger charge is 2.04. The molecule has 3 nitrogen and oxygen atoms in total. The van der Waals surface area contributed by atoms with Crippen LogP contribution in [0, 0.1) is 5.82 Å². The van der Waals surface area contributed by atoms with Gasteiger partial charge in [-0.25, -0.2) is 10.3 Å². The number of carbonyl (C=O) groups excluding carboxylic acids is 1. The molecule has 1 aromatic rings. The van der Waals surface area contributed by atoms with Gasteiger partial charge >= 0.3 is 0 Å². The Morgan fingerprint density at radius 1 is 1.42 bits per heavy atom. The van der Waals surface area contributed by atoms with Crippen molar-refractivity contribution < 1.29 is 14.0 Å². The maximum atomic E-state index is 12.4. The minimum atomic E-state index is -0.375. The second-order valence-corrected chi connectivity index (χ2v) is 2.24. The van der Waals surface area contributed by atoms with Crippen molar-refractivity contribution in [2.24, 2.45) is 5.90 Å². The monoisotopic (exact) mass is 169 g/mol. The Hall–Kier alpha value is -1.26. The lowest BCUT2D eigenvalue weighted by Crippen LogP contribution is -2.12. The summed E-state index contributed by atoms with van der Waals surface area (Å²) in [5.41, 5.74) is 0.391. The SMILES string of the molecule is NOCC(=O)c1ccc(F)cc1. The molecule has 4 heteroatoms. The van der Waals surface area contributed by atoms with Gasteiger partial charge in [0.05, 0.1) is 0 Å². The lowest BCUT2D eigenvalue weighted by molar-refractivity contribution is 0.0763. The molecular formula is C8H8FNO2. The summed E-state index contributed by atoms with van der Waals surface area (Å²) >= 11 is 0. The molecule has 0 spiro atoms. The van der Waals surface area contributed by atoms with Gasteiger partial charge in [0.1, 0.15) is 12.4 Å². The number of hydrogen-bond donors (Lipinski definition) is 1. The quantitative estimate of drug-likeness (QED) is 0.540. The number of ketones is 1. The van der Waals surface area contributed by atoms with E-state index in [1.165, 1.54) is 24.3 Å². The third kappa shape index (κ3) is 2.11. The molecule has 0 fully saturated rings. The van der Waals surface area contributed by atoms with Crippen molar-refractivity contribution >= 4 is 5.78 Å². The van der Waals surface area contributed by atoms with Gasteiger partial charge < -0.3 is 0 Å². The van der Waals surface area contributed by atoms with Gasteiger partial charge in [0.25, 0.3) is 0 Å². The number of rotatable bonds is 3. The van der Waals surface area contributed by atoms with Crippen LogP contribution in [0.1, 0.15) is 10.4 Å². The van der Waals surface area contributed by atoms with Crippen molar-refractivity contribution in [3.05, 3.63) is 35.6 Å². The fraction of sp³-hybridized carbons (Fsp3) is 0.125. The molecule has 0 aliphatic rings. The molecule has 0 radical (unpaired) electrons. The fourth-order valence-electron chi connectivity index (χ4n) is 0.795. The number of hydrogen-bond acceptors (Lipinski definition) is 3. The summed E-state index contributed by atoms with van der Waals surface area (Å²) in [7, 11) is 0. The average molecular weight is 169 g/mol. The Morgan fingerprint density at radius 2 is 2.00 bits per heavy atom. The van der Waals surface area contributed by atoms with Gasteiger partial charge in [-0.05, 0) is 24.3 Å². The first kappa shape index (κ1) is 8.83. The molecule has 0 saturated carbocycles. The molecule has 0 aliphatic heterocycles. The Balaban J connectivity index is 2.75. The van der Waals surface area contributed by atoms with Crippen molar-refractivity contribution in [2.75, 3.05) is 6.61 Å². The predicted molar refractivity (Wildman–Crippen MR) is 40.9 cm³/mol. The van der Waals surface area contributed by atoms with Gasteiger partial charge in [0.15, 0.2) is 5.78 Å². The van der Waals surface area contributed by atoms with E-state index >= 15 is 0 Å². The minimum absolute atomic E-state index is 0.189. The van der Waals surface area contributed by atoms with E-state index in [0.717, 1.165) is 0 Å². The van der Waals surface area contributed by atoms with E-state index in [2.05, 4.69) is 4.84 Å².